The Bertz CT molecular complexity index is 3940. The number of fused-ring (bicyclic) bond motifs is 12. The van der Waals surface area contributed by atoms with E-state index in [1.165, 1.54) is 98.4 Å². The zero-order valence-electron chi connectivity index (χ0n) is 37.2. The molecule has 0 fully saturated rings. The van der Waals surface area contributed by atoms with Gasteiger partial charge in [0.05, 0.1) is 44.1 Å². The molecule has 0 N–H and O–H groups in total. The average molecular weight is 857 g/mol. The van der Waals surface area contributed by atoms with Crippen LogP contribution in [0.2, 0.25) is 0 Å². The predicted molar refractivity (Wildman–Crippen MR) is 282 cm³/mol. The van der Waals surface area contributed by atoms with Crippen molar-refractivity contribution in [1.82, 2.24) is 18.3 Å². The van der Waals surface area contributed by atoms with E-state index in [9.17, 15) is 0 Å². The molecule has 14 aromatic rings. The zero-order valence-corrected chi connectivity index (χ0v) is 37.2. The van der Waals surface area contributed by atoms with Gasteiger partial charge in [0.2, 0.25) is 0 Å². The molecule has 10 aromatic carbocycles. The highest BCUT2D eigenvalue weighted by Crippen LogP contribution is 2.41. The van der Waals surface area contributed by atoms with Crippen LogP contribution >= 0.6 is 0 Å². The van der Waals surface area contributed by atoms with Gasteiger partial charge in [0.1, 0.15) is 0 Å². The largest absolute Gasteiger partial charge is 0.309 e. The molecule has 0 bridgehead atoms. The summed E-state index contributed by atoms with van der Waals surface area (Å²) in [5, 5.41) is 10.0. The number of aromatic nitrogens is 4. The van der Waals surface area contributed by atoms with Gasteiger partial charge in [0.25, 0.3) is 0 Å². The van der Waals surface area contributed by atoms with Gasteiger partial charge in [-0.2, -0.15) is 0 Å². The summed E-state index contributed by atoms with van der Waals surface area (Å²) < 4.78 is 9.72. The standard InChI is InChI=1S/C63H44N4/c1-63(2,41-17-15-19-43(37-41)64-59-31-13-7-25-51(59)53-39-45(33-35-61(53)64)66-55-27-9-3-21-47(55)48-22-4-10-28-56(48)66)42-18-16-20-44(38-42)65-60-32-14-8-26-52(60)54-40-46(34-36-62(54)65)67-57-29-11-5-23-49(57)50-24-6-12-30-58(50)67/h3-40H,1-2H3. The van der Waals surface area contributed by atoms with Crippen molar-refractivity contribution in [3.05, 3.63) is 242 Å². The van der Waals surface area contributed by atoms with Crippen LogP contribution in [0.15, 0.2) is 231 Å². The summed E-state index contributed by atoms with van der Waals surface area (Å²) in [6, 6.07) is 85.0. The number of nitrogens with zero attached hydrogens (tertiary/aromatic N) is 4. The van der Waals surface area contributed by atoms with Crippen LogP contribution < -0.4 is 0 Å². The maximum atomic E-state index is 2.45. The van der Waals surface area contributed by atoms with Crippen molar-refractivity contribution in [2.45, 2.75) is 19.3 Å². The van der Waals surface area contributed by atoms with E-state index in [4.69, 9.17) is 0 Å². The van der Waals surface area contributed by atoms with E-state index >= 15 is 0 Å². The minimum Gasteiger partial charge on any atom is -0.309 e. The molecule has 316 valence electrons. The zero-order chi connectivity index (χ0) is 44.4. The molecule has 4 nitrogen and oxygen atoms in total. The van der Waals surface area contributed by atoms with Gasteiger partial charge in [-0.25, -0.2) is 0 Å². The molecule has 0 atom stereocenters. The molecule has 0 radical (unpaired) electrons. The number of benzene rings is 10. The van der Waals surface area contributed by atoms with Crippen LogP contribution in [0.25, 0.3) is 110 Å². The number of para-hydroxylation sites is 6. The number of rotatable bonds is 6. The van der Waals surface area contributed by atoms with Gasteiger partial charge in [0, 0.05) is 71.3 Å². The van der Waals surface area contributed by atoms with Crippen LogP contribution in [0.1, 0.15) is 25.0 Å². The molecule has 0 saturated carbocycles. The normalized spacial score (nSPS) is 12.3. The highest BCUT2D eigenvalue weighted by molar-refractivity contribution is 6.14. The molecule has 0 aliphatic heterocycles. The second-order valence-corrected chi connectivity index (χ2v) is 18.6. The van der Waals surface area contributed by atoms with E-state index < -0.39 is 0 Å². The third kappa shape index (κ3) is 5.47. The van der Waals surface area contributed by atoms with E-state index in [2.05, 4.69) is 263 Å². The van der Waals surface area contributed by atoms with Gasteiger partial charge in [-0.3, -0.25) is 0 Å². The molecule has 4 heteroatoms. The fourth-order valence-corrected chi connectivity index (χ4v) is 11.4. The summed E-state index contributed by atoms with van der Waals surface area (Å²) >= 11 is 0. The average Bonchev–Trinajstić information content (AvgIpc) is 4.11. The second kappa shape index (κ2) is 14.2. The molecule has 0 saturated heterocycles. The van der Waals surface area contributed by atoms with Gasteiger partial charge in [-0.05, 0) is 108 Å². The lowest BCUT2D eigenvalue weighted by molar-refractivity contribution is 0.640. The molecule has 4 heterocycles. The molecule has 67 heavy (non-hydrogen) atoms. The van der Waals surface area contributed by atoms with Crippen molar-refractivity contribution in [3.63, 3.8) is 0 Å². The van der Waals surface area contributed by atoms with Crippen LogP contribution in [-0.2, 0) is 5.41 Å². The Balaban J connectivity index is 0.876. The Morgan fingerprint density at radius 3 is 0.791 bits per heavy atom. The van der Waals surface area contributed by atoms with Crippen molar-refractivity contribution in [3.8, 4) is 22.7 Å². The maximum Gasteiger partial charge on any atom is 0.0542 e. The molecule has 0 aliphatic rings. The quantitative estimate of drug-likeness (QED) is 0.159. The number of hydrogen-bond donors (Lipinski definition) is 0. The van der Waals surface area contributed by atoms with Crippen molar-refractivity contribution in [2.24, 2.45) is 0 Å². The third-order valence-corrected chi connectivity index (χ3v) is 14.6. The molecule has 0 spiro atoms. The monoisotopic (exact) mass is 856 g/mol. The first-order valence-electron chi connectivity index (χ1n) is 23.3. The van der Waals surface area contributed by atoms with Crippen molar-refractivity contribution < 1.29 is 0 Å². The number of hydrogen-bond acceptors (Lipinski definition) is 0. The van der Waals surface area contributed by atoms with E-state index in [1.54, 1.807) is 0 Å². The summed E-state index contributed by atoms with van der Waals surface area (Å²) in [4.78, 5) is 0. The topological polar surface area (TPSA) is 19.7 Å². The highest BCUT2D eigenvalue weighted by atomic mass is 15.0. The lowest BCUT2D eigenvalue weighted by Gasteiger charge is -2.27. The fraction of sp³-hybridized carbons (Fsp3) is 0.0476. The van der Waals surface area contributed by atoms with E-state index in [1.807, 2.05) is 0 Å². The lowest BCUT2D eigenvalue weighted by atomic mass is 9.78. The van der Waals surface area contributed by atoms with Gasteiger partial charge in [-0.1, -0.05) is 147 Å². The maximum absolute atomic E-state index is 2.45. The summed E-state index contributed by atoms with van der Waals surface area (Å²) in [6.45, 7) is 4.72. The Morgan fingerprint density at radius 2 is 0.478 bits per heavy atom. The van der Waals surface area contributed by atoms with Gasteiger partial charge in [0.15, 0.2) is 0 Å². The lowest BCUT2D eigenvalue weighted by Crippen LogP contribution is -2.19. The molecule has 0 aliphatic carbocycles. The predicted octanol–water partition coefficient (Wildman–Crippen LogP) is 16.4. The minimum atomic E-state index is -0.309. The van der Waals surface area contributed by atoms with Crippen LogP contribution in [0.3, 0.4) is 0 Å². The van der Waals surface area contributed by atoms with Crippen molar-refractivity contribution in [1.29, 1.82) is 0 Å². The molecular weight excluding hydrogens is 813 g/mol. The Kier molecular flexibility index (Phi) is 8.00. The van der Waals surface area contributed by atoms with Crippen molar-refractivity contribution >= 4 is 87.2 Å². The molecular formula is C63H44N4. The highest BCUT2D eigenvalue weighted by Gasteiger charge is 2.26. The first kappa shape index (κ1) is 37.7. The van der Waals surface area contributed by atoms with E-state index in [0.717, 1.165) is 22.7 Å². The summed E-state index contributed by atoms with van der Waals surface area (Å²) in [6.07, 6.45) is 0. The van der Waals surface area contributed by atoms with Crippen LogP contribution in [0.5, 0.6) is 0 Å². The summed E-state index contributed by atoms with van der Waals surface area (Å²) in [7, 11) is 0. The van der Waals surface area contributed by atoms with Gasteiger partial charge >= 0.3 is 0 Å². The molecule has 0 unspecified atom stereocenters. The van der Waals surface area contributed by atoms with Crippen LogP contribution in [0, 0.1) is 0 Å². The summed E-state index contributed by atoms with van der Waals surface area (Å²) in [5.74, 6) is 0. The van der Waals surface area contributed by atoms with Gasteiger partial charge in [-0.15, -0.1) is 0 Å². The SMILES string of the molecule is CC(C)(c1cccc(-n2c3ccccc3c3cc(-n4c5ccccc5c5ccccc54)ccc32)c1)c1cccc(-n2c3ccccc3c3cc(-n4c5ccccc5c5ccccc54)ccc32)c1. The fourth-order valence-electron chi connectivity index (χ4n) is 11.4. The van der Waals surface area contributed by atoms with Crippen molar-refractivity contribution in [2.75, 3.05) is 0 Å². The third-order valence-electron chi connectivity index (χ3n) is 14.6. The Morgan fingerprint density at radius 1 is 0.224 bits per heavy atom. The van der Waals surface area contributed by atoms with E-state index in [-0.39, 0.29) is 5.41 Å². The minimum absolute atomic E-state index is 0.309. The summed E-state index contributed by atoms with van der Waals surface area (Å²) in [5.41, 5.74) is 16.5. The first-order valence-corrected chi connectivity index (χ1v) is 23.3. The van der Waals surface area contributed by atoms with Gasteiger partial charge < -0.3 is 18.3 Å². The Labute approximate surface area is 387 Å². The molecule has 0 amide bonds. The van der Waals surface area contributed by atoms with E-state index in [0.29, 0.717) is 0 Å². The molecule has 4 aromatic heterocycles. The smallest absolute Gasteiger partial charge is 0.0542 e. The Hall–Kier alpha value is -8.60. The van der Waals surface area contributed by atoms with Crippen LogP contribution in [-0.4, -0.2) is 18.3 Å². The molecule has 14 rings (SSSR count). The first-order chi connectivity index (χ1) is 33.0. The van der Waals surface area contributed by atoms with Crippen LogP contribution in [0.4, 0.5) is 0 Å². The second-order valence-electron chi connectivity index (χ2n) is 18.6.